The Kier molecular flexibility index (Phi) is 7.94. The Balaban J connectivity index is 1.49. The SMILES string of the molecule is CN(C(=O)Oc1ccc(F)cc1)[C@H]1CNC[C@H]1C(=O)CC(c1ccc(Cl)c(Cl)c1)N1CCCC1=O. The lowest BCUT2D eigenvalue weighted by Gasteiger charge is -2.31. The number of likely N-dealkylation sites (tertiary alicyclic amines) is 1. The summed E-state index contributed by atoms with van der Waals surface area (Å²) in [5, 5.41) is 3.94. The molecule has 2 amide bonds. The summed E-state index contributed by atoms with van der Waals surface area (Å²) in [6.07, 6.45) is 0.625. The minimum Gasteiger partial charge on any atom is -0.410 e. The fourth-order valence-corrected chi connectivity index (χ4v) is 4.99. The number of hydrogen-bond donors (Lipinski definition) is 1. The molecule has 1 unspecified atom stereocenters. The van der Waals surface area contributed by atoms with Crippen molar-refractivity contribution in [3.63, 3.8) is 0 Å². The van der Waals surface area contributed by atoms with Gasteiger partial charge < -0.3 is 19.9 Å². The van der Waals surface area contributed by atoms with Gasteiger partial charge in [0.05, 0.1) is 28.0 Å². The summed E-state index contributed by atoms with van der Waals surface area (Å²) in [6.45, 7) is 1.39. The van der Waals surface area contributed by atoms with Gasteiger partial charge in [0.2, 0.25) is 5.91 Å². The third-order valence-corrected chi connectivity index (χ3v) is 7.35. The molecule has 7 nitrogen and oxygen atoms in total. The van der Waals surface area contributed by atoms with E-state index in [4.69, 9.17) is 27.9 Å². The first-order chi connectivity index (χ1) is 16.7. The normalized spacial score (nSPS) is 20.7. The number of likely N-dealkylation sites (N-methyl/N-ethyl adjacent to an activating group) is 1. The van der Waals surface area contributed by atoms with E-state index in [9.17, 15) is 18.8 Å². The van der Waals surface area contributed by atoms with Gasteiger partial charge in [-0.1, -0.05) is 29.3 Å². The Morgan fingerprint density at radius 2 is 1.91 bits per heavy atom. The van der Waals surface area contributed by atoms with Crippen LogP contribution in [-0.2, 0) is 9.59 Å². The topological polar surface area (TPSA) is 79.0 Å². The van der Waals surface area contributed by atoms with Gasteiger partial charge in [-0.2, -0.15) is 0 Å². The lowest BCUT2D eigenvalue weighted by atomic mass is 9.90. The molecule has 0 aliphatic carbocycles. The van der Waals surface area contributed by atoms with Crippen molar-refractivity contribution in [2.75, 3.05) is 26.7 Å². The Morgan fingerprint density at radius 1 is 1.17 bits per heavy atom. The maximum absolute atomic E-state index is 13.5. The number of benzene rings is 2. The molecular formula is C25H26Cl2FN3O4. The van der Waals surface area contributed by atoms with E-state index in [1.807, 2.05) is 0 Å². The van der Waals surface area contributed by atoms with Gasteiger partial charge in [0.25, 0.3) is 0 Å². The van der Waals surface area contributed by atoms with Gasteiger partial charge >= 0.3 is 6.09 Å². The van der Waals surface area contributed by atoms with E-state index < -0.39 is 29.9 Å². The number of rotatable bonds is 7. The highest BCUT2D eigenvalue weighted by Crippen LogP contribution is 2.34. The van der Waals surface area contributed by atoms with Gasteiger partial charge in [0.15, 0.2) is 0 Å². The Hall–Kier alpha value is -2.68. The first-order valence-electron chi connectivity index (χ1n) is 11.4. The number of hydrogen-bond acceptors (Lipinski definition) is 5. The molecule has 4 rings (SSSR count). The van der Waals surface area contributed by atoms with Crippen LogP contribution in [0.4, 0.5) is 9.18 Å². The number of amides is 2. The summed E-state index contributed by atoms with van der Waals surface area (Å²) in [5.41, 5.74) is 0.745. The van der Waals surface area contributed by atoms with Crippen molar-refractivity contribution in [1.29, 1.82) is 0 Å². The van der Waals surface area contributed by atoms with Crippen molar-refractivity contribution in [3.8, 4) is 5.75 Å². The second kappa shape index (κ2) is 10.9. The molecule has 2 aliphatic rings. The highest BCUT2D eigenvalue weighted by Gasteiger charge is 2.40. The highest BCUT2D eigenvalue weighted by molar-refractivity contribution is 6.42. The number of carbonyl (C=O) groups is 3. The molecule has 35 heavy (non-hydrogen) atoms. The van der Waals surface area contributed by atoms with Crippen molar-refractivity contribution in [1.82, 2.24) is 15.1 Å². The Labute approximate surface area is 213 Å². The van der Waals surface area contributed by atoms with Crippen molar-refractivity contribution in [2.24, 2.45) is 5.92 Å². The molecule has 2 aromatic rings. The van der Waals surface area contributed by atoms with Crippen LogP contribution < -0.4 is 10.1 Å². The van der Waals surface area contributed by atoms with E-state index in [1.54, 1.807) is 30.1 Å². The number of Topliss-reactive ketones (excluding diaryl/α,β-unsaturated/α-hetero) is 1. The van der Waals surface area contributed by atoms with E-state index in [1.165, 1.54) is 29.2 Å². The number of nitrogens with one attached hydrogen (secondary N) is 1. The molecule has 2 aliphatic heterocycles. The largest absolute Gasteiger partial charge is 0.415 e. The van der Waals surface area contributed by atoms with Crippen LogP contribution >= 0.6 is 23.2 Å². The number of carbonyl (C=O) groups excluding carboxylic acids is 3. The van der Waals surface area contributed by atoms with Crippen LogP contribution in [0, 0.1) is 11.7 Å². The minimum absolute atomic E-state index is 0.00466. The standard InChI is InChI=1S/C25H26Cl2FN3O4/c1-30(25(34)35-17-7-5-16(28)6-8-17)22-14-29-13-18(22)23(32)12-21(31-10-2-3-24(31)33)15-4-9-19(26)20(27)11-15/h4-9,11,18,21-22,29H,2-3,10,12-14H2,1H3/t18-,21?,22+/m1/s1. The zero-order chi connectivity index (χ0) is 25.1. The average Bonchev–Trinajstić information content (AvgIpc) is 3.49. The monoisotopic (exact) mass is 521 g/mol. The fraction of sp³-hybridized carbons (Fsp3) is 0.400. The van der Waals surface area contributed by atoms with Crippen LogP contribution in [0.1, 0.15) is 30.9 Å². The van der Waals surface area contributed by atoms with E-state index in [2.05, 4.69) is 5.32 Å². The van der Waals surface area contributed by atoms with Gasteiger partial charge in [-0.3, -0.25) is 9.59 Å². The predicted octanol–water partition coefficient (Wildman–Crippen LogP) is 4.47. The van der Waals surface area contributed by atoms with Crippen molar-refractivity contribution in [2.45, 2.75) is 31.3 Å². The molecular weight excluding hydrogens is 496 g/mol. The van der Waals surface area contributed by atoms with Gasteiger partial charge in [0.1, 0.15) is 17.3 Å². The van der Waals surface area contributed by atoms with Crippen LogP contribution in [0.15, 0.2) is 42.5 Å². The maximum Gasteiger partial charge on any atom is 0.415 e. The lowest BCUT2D eigenvalue weighted by Crippen LogP contribution is -2.46. The quantitative estimate of drug-likeness (QED) is 0.581. The highest BCUT2D eigenvalue weighted by atomic mass is 35.5. The zero-order valence-corrected chi connectivity index (χ0v) is 20.7. The summed E-state index contributed by atoms with van der Waals surface area (Å²) in [4.78, 5) is 41.9. The van der Waals surface area contributed by atoms with Gasteiger partial charge in [-0.15, -0.1) is 0 Å². The molecule has 2 heterocycles. The van der Waals surface area contributed by atoms with Gasteiger partial charge in [-0.05, 0) is 48.4 Å². The van der Waals surface area contributed by atoms with Crippen LogP contribution in [0.25, 0.3) is 0 Å². The second-order valence-electron chi connectivity index (χ2n) is 8.82. The summed E-state index contributed by atoms with van der Waals surface area (Å²) in [6, 6.07) is 9.39. The molecule has 2 fully saturated rings. The number of nitrogens with zero attached hydrogens (tertiary/aromatic N) is 2. The molecule has 2 aromatic carbocycles. The van der Waals surface area contributed by atoms with Crippen molar-refractivity contribution in [3.05, 3.63) is 63.9 Å². The molecule has 0 radical (unpaired) electrons. The Morgan fingerprint density at radius 3 is 2.57 bits per heavy atom. The summed E-state index contributed by atoms with van der Waals surface area (Å²) >= 11 is 12.3. The van der Waals surface area contributed by atoms with Crippen molar-refractivity contribution >= 4 is 41.0 Å². The number of ether oxygens (including phenoxy) is 1. The number of ketones is 1. The zero-order valence-electron chi connectivity index (χ0n) is 19.2. The first kappa shape index (κ1) is 25.4. The van der Waals surface area contributed by atoms with Crippen LogP contribution in [0.5, 0.6) is 5.75 Å². The second-order valence-corrected chi connectivity index (χ2v) is 9.63. The predicted molar refractivity (Wildman–Crippen MR) is 130 cm³/mol. The molecule has 3 atom stereocenters. The lowest BCUT2D eigenvalue weighted by molar-refractivity contribution is -0.131. The van der Waals surface area contributed by atoms with Gasteiger partial charge in [-0.25, -0.2) is 9.18 Å². The third-order valence-electron chi connectivity index (χ3n) is 6.61. The molecule has 0 spiro atoms. The van der Waals surface area contributed by atoms with E-state index in [-0.39, 0.29) is 23.9 Å². The smallest absolute Gasteiger partial charge is 0.410 e. The van der Waals surface area contributed by atoms with E-state index in [0.717, 1.165) is 12.0 Å². The first-order valence-corrected chi connectivity index (χ1v) is 12.2. The maximum atomic E-state index is 13.5. The molecule has 2 saturated heterocycles. The molecule has 0 saturated carbocycles. The molecule has 186 valence electrons. The average molecular weight is 522 g/mol. The molecule has 1 N–H and O–H groups in total. The summed E-state index contributed by atoms with van der Waals surface area (Å²) in [5.74, 6) is -0.781. The van der Waals surface area contributed by atoms with Crippen molar-refractivity contribution < 1.29 is 23.5 Å². The van der Waals surface area contributed by atoms with E-state index in [0.29, 0.717) is 36.1 Å². The summed E-state index contributed by atoms with van der Waals surface area (Å²) < 4.78 is 18.5. The Bertz CT molecular complexity index is 1110. The molecule has 0 bridgehead atoms. The van der Waals surface area contributed by atoms with Crippen LogP contribution in [0.2, 0.25) is 10.0 Å². The van der Waals surface area contributed by atoms with Crippen LogP contribution in [0.3, 0.4) is 0 Å². The van der Waals surface area contributed by atoms with E-state index >= 15 is 0 Å². The molecule has 0 aromatic heterocycles. The molecule has 10 heteroatoms. The van der Waals surface area contributed by atoms with Crippen LogP contribution in [-0.4, -0.2) is 60.3 Å². The minimum atomic E-state index is -0.640. The van der Waals surface area contributed by atoms with Gasteiger partial charge in [0, 0.05) is 39.5 Å². The summed E-state index contributed by atoms with van der Waals surface area (Å²) in [7, 11) is 1.57. The third kappa shape index (κ3) is 5.77. The number of halogens is 3. The fourth-order valence-electron chi connectivity index (χ4n) is 4.68.